The molecule has 0 spiro atoms. The number of ether oxygens (including phenoxy) is 1. The first kappa shape index (κ1) is 17.4. The molecule has 0 bridgehead atoms. The molecule has 2 rings (SSSR count). The van der Waals surface area contributed by atoms with Crippen LogP contribution in [0, 0.1) is 0 Å². The van der Waals surface area contributed by atoms with Crippen LogP contribution in [0.5, 0.6) is 17.2 Å². The van der Waals surface area contributed by atoms with E-state index in [1.54, 1.807) is 6.07 Å². The van der Waals surface area contributed by atoms with Gasteiger partial charge in [-0.05, 0) is 42.2 Å². The lowest BCUT2D eigenvalue weighted by Gasteiger charge is -2.26. The summed E-state index contributed by atoms with van der Waals surface area (Å²) in [6, 6.07) is 15.3. The number of hydrogen-bond acceptors (Lipinski definition) is 2. The van der Waals surface area contributed by atoms with Gasteiger partial charge in [-0.3, -0.25) is 0 Å². The molecule has 1 N–H and O–H groups in total. The Hall–Kier alpha value is -1.96. The fraction of sp³-hybridized carbons (Fsp3) is 0.429. The van der Waals surface area contributed by atoms with Gasteiger partial charge in [-0.25, -0.2) is 0 Å². The standard InChI is InChI=1S/C21H28O2/c1-4-5-6-10-15-21(2,3)19-16-18(13-14-20(19)22)23-17-11-8-7-9-12-17/h7-9,11-14,16,22H,4-6,10,15H2,1-3H3. The van der Waals surface area contributed by atoms with Gasteiger partial charge in [0.05, 0.1) is 0 Å². The van der Waals surface area contributed by atoms with Crippen LogP contribution >= 0.6 is 0 Å². The van der Waals surface area contributed by atoms with Gasteiger partial charge in [-0.2, -0.15) is 0 Å². The van der Waals surface area contributed by atoms with Gasteiger partial charge in [0.15, 0.2) is 0 Å². The maximum absolute atomic E-state index is 10.3. The summed E-state index contributed by atoms with van der Waals surface area (Å²) in [6.07, 6.45) is 6.02. The first-order valence-corrected chi connectivity index (χ1v) is 8.59. The molecule has 0 radical (unpaired) electrons. The number of benzene rings is 2. The van der Waals surface area contributed by atoms with Crippen molar-refractivity contribution in [2.75, 3.05) is 0 Å². The summed E-state index contributed by atoms with van der Waals surface area (Å²) in [6.45, 7) is 6.61. The van der Waals surface area contributed by atoms with Crippen LogP contribution in [0.2, 0.25) is 0 Å². The largest absolute Gasteiger partial charge is 0.508 e. The Morgan fingerprint density at radius 2 is 1.65 bits per heavy atom. The van der Waals surface area contributed by atoms with Gasteiger partial charge in [0.1, 0.15) is 17.2 Å². The molecule has 0 saturated carbocycles. The Kier molecular flexibility index (Phi) is 6.09. The number of phenolic OH excluding ortho intramolecular Hbond substituents is 1. The molecule has 0 aliphatic rings. The Bertz CT molecular complexity index is 602. The van der Waals surface area contributed by atoms with Crippen molar-refractivity contribution in [2.24, 2.45) is 0 Å². The topological polar surface area (TPSA) is 29.5 Å². The summed E-state index contributed by atoms with van der Waals surface area (Å²) < 4.78 is 5.90. The van der Waals surface area contributed by atoms with Crippen molar-refractivity contribution in [3.05, 3.63) is 54.1 Å². The van der Waals surface area contributed by atoms with Gasteiger partial charge in [0, 0.05) is 5.56 Å². The number of phenols is 1. The van der Waals surface area contributed by atoms with E-state index in [4.69, 9.17) is 4.74 Å². The monoisotopic (exact) mass is 312 g/mol. The predicted molar refractivity (Wildman–Crippen MR) is 96.4 cm³/mol. The van der Waals surface area contributed by atoms with E-state index in [9.17, 15) is 5.11 Å². The summed E-state index contributed by atoms with van der Waals surface area (Å²) in [5.41, 5.74) is 0.899. The zero-order valence-electron chi connectivity index (χ0n) is 14.5. The number of para-hydroxylation sites is 1. The van der Waals surface area contributed by atoms with Gasteiger partial charge in [0.2, 0.25) is 0 Å². The fourth-order valence-corrected chi connectivity index (χ4v) is 2.87. The van der Waals surface area contributed by atoms with Crippen molar-refractivity contribution in [2.45, 2.75) is 58.3 Å². The summed E-state index contributed by atoms with van der Waals surface area (Å²) in [4.78, 5) is 0. The molecule has 0 amide bonds. The van der Waals surface area contributed by atoms with Crippen LogP contribution in [0.25, 0.3) is 0 Å². The highest BCUT2D eigenvalue weighted by Gasteiger charge is 2.24. The SMILES string of the molecule is CCCCCCC(C)(C)c1cc(Oc2ccccc2)ccc1O. The maximum atomic E-state index is 10.3. The molecule has 0 fully saturated rings. The zero-order chi connectivity index (χ0) is 16.7. The number of rotatable bonds is 8. The second kappa shape index (κ2) is 8.05. The molecule has 0 aliphatic carbocycles. The van der Waals surface area contributed by atoms with Crippen LogP contribution in [-0.2, 0) is 5.41 Å². The molecule has 2 heteroatoms. The van der Waals surface area contributed by atoms with Gasteiger partial charge < -0.3 is 9.84 Å². The average molecular weight is 312 g/mol. The predicted octanol–water partition coefficient (Wildman–Crippen LogP) is 6.43. The van der Waals surface area contributed by atoms with Crippen molar-refractivity contribution in [3.8, 4) is 17.2 Å². The van der Waals surface area contributed by atoms with Crippen LogP contribution in [-0.4, -0.2) is 5.11 Å². The molecular formula is C21H28O2. The molecule has 23 heavy (non-hydrogen) atoms. The van der Waals surface area contributed by atoms with Crippen molar-refractivity contribution < 1.29 is 9.84 Å². The zero-order valence-corrected chi connectivity index (χ0v) is 14.5. The molecule has 0 unspecified atom stereocenters. The quantitative estimate of drug-likeness (QED) is 0.569. The third kappa shape index (κ3) is 5.02. The number of unbranched alkanes of at least 4 members (excludes halogenated alkanes) is 3. The van der Waals surface area contributed by atoms with Gasteiger partial charge in [0.25, 0.3) is 0 Å². The Balaban J connectivity index is 2.12. The molecule has 2 aromatic rings. The van der Waals surface area contributed by atoms with Gasteiger partial charge >= 0.3 is 0 Å². The van der Waals surface area contributed by atoms with Crippen molar-refractivity contribution in [3.63, 3.8) is 0 Å². The lowest BCUT2D eigenvalue weighted by Crippen LogP contribution is -2.17. The molecular weight excluding hydrogens is 284 g/mol. The molecule has 124 valence electrons. The van der Waals surface area contributed by atoms with Crippen molar-refractivity contribution in [1.82, 2.24) is 0 Å². The minimum Gasteiger partial charge on any atom is -0.508 e. The second-order valence-corrected chi connectivity index (χ2v) is 6.79. The first-order chi connectivity index (χ1) is 11.0. The van der Waals surface area contributed by atoms with E-state index in [-0.39, 0.29) is 5.41 Å². The molecule has 0 heterocycles. The maximum Gasteiger partial charge on any atom is 0.127 e. The highest BCUT2D eigenvalue weighted by Crippen LogP contribution is 2.38. The lowest BCUT2D eigenvalue weighted by atomic mass is 9.79. The third-order valence-corrected chi connectivity index (χ3v) is 4.33. The van der Waals surface area contributed by atoms with E-state index >= 15 is 0 Å². The molecule has 2 nitrogen and oxygen atoms in total. The third-order valence-electron chi connectivity index (χ3n) is 4.33. The van der Waals surface area contributed by atoms with Crippen molar-refractivity contribution in [1.29, 1.82) is 0 Å². The molecule has 0 saturated heterocycles. The van der Waals surface area contributed by atoms with Crippen molar-refractivity contribution >= 4 is 0 Å². The minimum absolute atomic E-state index is 0.0616. The van der Waals surface area contributed by atoms with Crippen LogP contribution in [0.4, 0.5) is 0 Å². The Morgan fingerprint density at radius 1 is 0.913 bits per heavy atom. The van der Waals surface area contributed by atoms with E-state index in [0.717, 1.165) is 23.5 Å². The van der Waals surface area contributed by atoms with Gasteiger partial charge in [-0.15, -0.1) is 0 Å². The second-order valence-electron chi connectivity index (χ2n) is 6.79. The van der Waals surface area contributed by atoms with Crippen LogP contribution in [0.3, 0.4) is 0 Å². The van der Waals surface area contributed by atoms with Crippen LogP contribution < -0.4 is 4.74 Å². The van der Waals surface area contributed by atoms with E-state index in [1.807, 2.05) is 42.5 Å². The number of hydrogen-bond donors (Lipinski definition) is 1. The fourth-order valence-electron chi connectivity index (χ4n) is 2.87. The molecule has 2 aromatic carbocycles. The van der Waals surface area contributed by atoms with Crippen LogP contribution in [0.1, 0.15) is 58.4 Å². The van der Waals surface area contributed by atoms with E-state index < -0.39 is 0 Å². The Morgan fingerprint density at radius 3 is 2.35 bits per heavy atom. The lowest BCUT2D eigenvalue weighted by molar-refractivity contribution is 0.401. The normalized spacial score (nSPS) is 11.4. The smallest absolute Gasteiger partial charge is 0.127 e. The van der Waals surface area contributed by atoms with E-state index in [0.29, 0.717) is 5.75 Å². The van der Waals surface area contributed by atoms with E-state index in [2.05, 4.69) is 20.8 Å². The molecule has 0 atom stereocenters. The highest BCUT2D eigenvalue weighted by molar-refractivity contribution is 5.45. The van der Waals surface area contributed by atoms with Crippen LogP contribution in [0.15, 0.2) is 48.5 Å². The molecule has 0 aliphatic heterocycles. The summed E-state index contributed by atoms with van der Waals surface area (Å²) in [5, 5.41) is 10.3. The van der Waals surface area contributed by atoms with E-state index in [1.165, 1.54) is 25.7 Å². The number of aromatic hydroxyl groups is 1. The average Bonchev–Trinajstić information content (AvgIpc) is 2.54. The summed E-state index contributed by atoms with van der Waals surface area (Å²) in [5.74, 6) is 1.93. The minimum atomic E-state index is -0.0616. The first-order valence-electron chi connectivity index (χ1n) is 8.59. The van der Waals surface area contributed by atoms with Gasteiger partial charge in [-0.1, -0.05) is 64.7 Å². The highest BCUT2D eigenvalue weighted by atomic mass is 16.5. The summed E-state index contributed by atoms with van der Waals surface area (Å²) in [7, 11) is 0. The molecule has 0 aromatic heterocycles. The summed E-state index contributed by atoms with van der Waals surface area (Å²) >= 11 is 0. The Labute approximate surface area is 140 Å².